The fourth-order valence-electron chi connectivity index (χ4n) is 2.56. The second-order valence-electron chi connectivity index (χ2n) is 6.76. The van der Waals surface area contributed by atoms with E-state index in [4.69, 9.17) is 9.47 Å². The lowest BCUT2D eigenvalue weighted by Gasteiger charge is -2.26. The van der Waals surface area contributed by atoms with Gasteiger partial charge < -0.3 is 19.7 Å². The lowest BCUT2D eigenvalue weighted by atomic mass is 10.2. The van der Waals surface area contributed by atoms with Crippen LogP contribution in [0.1, 0.15) is 37.6 Å². The van der Waals surface area contributed by atoms with Crippen LogP contribution < -0.4 is 4.74 Å². The molecular formula is C17H21NO7. The molecule has 8 heteroatoms. The second-order valence-corrected chi connectivity index (χ2v) is 6.76. The van der Waals surface area contributed by atoms with Crippen molar-refractivity contribution in [2.24, 2.45) is 0 Å². The first-order chi connectivity index (χ1) is 11.6. The van der Waals surface area contributed by atoms with Gasteiger partial charge in [0.25, 0.3) is 0 Å². The number of carboxylic acids is 2. The molecular weight excluding hydrogens is 330 g/mol. The minimum Gasteiger partial charge on any atom is -0.488 e. The maximum absolute atomic E-state index is 12.2. The molecule has 2 atom stereocenters. The molecule has 25 heavy (non-hydrogen) atoms. The molecule has 0 bridgehead atoms. The molecule has 0 aliphatic carbocycles. The van der Waals surface area contributed by atoms with Crippen LogP contribution in [0.3, 0.4) is 0 Å². The van der Waals surface area contributed by atoms with Crippen molar-refractivity contribution < 1.29 is 34.1 Å². The average molecular weight is 351 g/mol. The molecule has 1 fully saturated rings. The number of hydrogen-bond acceptors (Lipinski definition) is 5. The lowest BCUT2D eigenvalue weighted by Crippen LogP contribution is -2.43. The Morgan fingerprint density at radius 3 is 2.36 bits per heavy atom. The third kappa shape index (κ3) is 4.62. The summed E-state index contributed by atoms with van der Waals surface area (Å²) < 4.78 is 10.9. The van der Waals surface area contributed by atoms with Gasteiger partial charge >= 0.3 is 18.0 Å². The van der Waals surface area contributed by atoms with Gasteiger partial charge in [0.1, 0.15) is 29.1 Å². The van der Waals surface area contributed by atoms with E-state index in [0.29, 0.717) is 0 Å². The number of likely N-dealkylation sites (tertiary alicyclic amines) is 1. The molecule has 1 aromatic rings. The highest BCUT2D eigenvalue weighted by atomic mass is 16.6. The van der Waals surface area contributed by atoms with Gasteiger partial charge in [0.05, 0.1) is 6.54 Å². The molecule has 8 nitrogen and oxygen atoms in total. The molecule has 0 radical (unpaired) electrons. The van der Waals surface area contributed by atoms with Crippen LogP contribution in [0, 0.1) is 0 Å². The van der Waals surface area contributed by atoms with E-state index in [0.717, 1.165) is 4.90 Å². The van der Waals surface area contributed by atoms with Crippen LogP contribution >= 0.6 is 0 Å². The zero-order valence-electron chi connectivity index (χ0n) is 14.3. The topological polar surface area (TPSA) is 113 Å². The number of carbonyl (C=O) groups excluding carboxylic acids is 1. The Balaban J connectivity index is 2.16. The minimum absolute atomic E-state index is 0.000165. The van der Waals surface area contributed by atoms with Gasteiger partial charge in [0.15, 0.2) is 0 Å². The minimum atomic E-state index is -1.16. The second kappa shape index (κ2) is 7.00. The summed E-state index contributed by atoms with van der Waals surface area (Å²) in [5.41, 5.74) is -0.778. The molecule has 0 spiro atoms. The maximum atomic E-state index is 12.2. The zero-order valence-corrected chi connectivity index (χ0v) is 14.3. The summed E-state index contributed by atoms with van der Waals surface area (Å²) in [6, 6.07) is 4.99. The molecule has 0 saturated carbocycles. The highest BCUT2D eigenvalue weighted by Gasteiger charge is 2.42. The number of aromatic carboxylic acids is 1. The number of rotatable bonds is 4. The first kappa shape index (κ1) is 18.6. The van der Waals surface area contributed by atoms with Crippen LogP contribution in [-0.4, -0.2) is 57.4 Å². The van der Waals surface area contributed by atoms with Crippen molar-refractivity contribution in [3.8, 4) is 5.75 Å². The number of para-hydroxylation sites is 1. The molecule has 1 amide bonds. The average Bonchev–Trinajstić information content (AvgIpc) is 2.90. The van der Waals surface area contributed by atoms with Gasteiger partial charge in [0.2, 0.25) is 0 Å². The molecule has 1 aliphatic heterocycles. The smallest absolute Gasteiger partial charge is 0.411 e. The Morgan fingerprint density at radius 2 is 1.80 bits per heavy atom. The first-order valence-corrected chi connectivity index (χ1v) is 7.80. The summed E-state index contributed by atoms with van der Waals surface area (Å²) in [7, 11) is 0. The number of carboxylic acid groups (broad SMARTS) is 2. The Labute approximate surface area is 144 Å². The molecule has 1 saturated heterocycles. The third-order valence-electron chi connectivity index (χ3n) is 3.59. The fourth-order valence-corrected chi connectivity index (χ4v) is 2.56. The highest BCUT2D eigenvalue weighted by molar-refractivity contribution is 5.90. The summed E-state index contributed by atoms with van der Waals surface area (Å²) in [5.74, 6) is -2.17. The van der Waals surface area contributed by atoms with Crippen LogP contribution in [-0.2, 0) is 9.53 Å². The quantitative estimate of drug-likeness (QED) is 0.855. The van der Waals surface area contributed by atoms with Crippen molar-refractivity contribution in [1.82, 2.24) is 4.90 Å². The molecule has 1 heterocycles. The van der Waals surface area contributed by atoms with Crippen molar-refractivity contribution in [3.63, 3.8) is 0 Å². The van der Waals surface area contributed by atoms with E-state index in [-0.39, 0.29) is 24.3 Å². The van der Waals surface area contributed by atoms with Crippen LogP contribution in [0.15, 0.2) is 24.3 Å². The monoisotopic (exact) mass is 351 g/mol. The maximum Gasteiger partial charge on any atom is 0.411 e. The van der Waals surface area contributed by atoms with Crippen molar-refractivity contribution in [2.45, 2.75) is 44.9 Å². The van der Waals surface area contributed by atoms with E-state index < -0.39 is 35.8 Å². The lowest BCUT2D eigenvalue weighted by molar-refractivity contribution is -0.142. The van der Waals surface area contributed by atoms with Crippen molar-refractivity contribution >= 4 is 18.0 Å². The number of amides is 1. The number of hydrogen-bond donors (Lipinski definition) is 2. The summed E-state index contributed by atoms with van der Waals surface area (Å²) in [4.78, 5) is 36.0. The van der Waals surface area contributed by atoms with E-state index in [1.165, 1.54) is 12.1 Å². The van der Waals surface area contributed by atoms with E-state index in [1.807, 2.05) is 0 Å². The SMILES string of the molecule is CC(C)(C)OC(=O)N1C[C@H](Oc2ccccc2C(=O)O)C[C@H]1C(=O)O. The summed E-state index contributed by atoms with van der Waals surface area (Å²) >= 11 is 0. The standard InChI is InChI=1S/C17H21NO7/c1-17(2,3)25-16(23)18-9-10(8-12(18)15(21)22)24-13-7-5-4-6-11(13)14(19)20/h4-7,10,12H,8-9H2,1-3H3,(H,19,20)(H,21,22)/t10-,12+/m1/s1. The Bertz CT molecular complexity index is 680. The van der Waals surface area contributed by atoms with E-state index in [2.05, 4.69) is 0 Å². The predicted octanol–water partition coefficient (Wildman–Crippen LogP) is 2.23. The van der Waals surface area contributed by atoms with Crippen molar-refractivity contribution in [2.75, 3.05) is 6.54 Å². The summed E-state index contributed by atoms with van der Waals surface area (Å²) in [6.45, 7) is 5.06. The Kier molecular flexibility index (Phi) is 5.20. The Hall–Kier alpha value is -2.77. The van der Waals surface area contributed by atoms with Crippen LogP contribution in [0.4, 0.5) is 4.79 Å². The van der Waals surface area contributed by atoms with Gasteiger partial charge in [0, 0.05) is 6.42 Å². The first-order valence-electron chi connectivity index (χ1n) is 7.80. The molecule has 1 aliphatic rings. The van der Waals surface area contributed by atoms with Gasteiger partial charge in [-0.15, -0.1) is 0 Å². The van der Waals surface area contributed by atoms with E-state index in [9.17, 15) is 24.6 Å². The van der Waals surface area contributed by atoms with Gasteiger partial charge in [-0.2, -0.15) is 0 Å². The highest BCUT2D eigenvalue weighted by Crippen LogP contribution is 2.27. The Morgan fingerprint density at radius 1 is 1.16 bits per heavy atom. The molecule has 1 aromatic carbocycles. The molecule has 0 aromatic heterocycles. The van der Waals surface area contributed by atoms with Gasteiger partial charge in [-0.3, -0.25) is 4.90 Å². The van der Waals surface area contributed by atoms with Crippen molar-refractivity contribution in [3.05, 3.63) is 29.8 Å². The molecule has 2 rings (SSSR count). The normalized spacial score (nSPS) is 20.2. The predicted molar refractivity (Wildman–Crippen MR) is 86.8 cm³/mol. The van der Waals surface area contributed by atoms with Crippen molar-refractivity contribution in [1.29, 1.82) is 0 Å². The number of aliphatic carboxylic acids is 1. The number of nitrogens with zero attached hydrogens (tertiary/aromatic N) is 1. The number of carbonyl (C=O) groups is 3. The molecule has 2 N–H and O–H groups in total. The third-order valence-corrected chi connectivity index (χ3v) is 3.59. The number of ether oxygens (including phenoxy) is 2. The van der Waals surface area contributed by atoms with E-state index >= 15 is 0 Å². The largest absolute Gasteiger partial charge is 0.488 e. The molecule has 136 valence electrons. The van der Waals surface area contributed by atoms with Crippen LogP contribution in [0.5, 0.6) is 5.75 Å². The summed E-state index contributed by atoms with van der Waals surface area (Å²) in [6.07, 6.45) is -1.34. The summed E-state index contributed by atoms with van der Waals surface area (Å²) in [5, 5.41) is 18.5. The molecule has 0 unspecified atom stereocenters. The fraction of sp³-hybridized carbons (Fsp3) is 0.471. The van der Waals surface area contributed by atoms with Gasteiger partial charge in [-0.25, -0.2) is 14.4 Å². The number of benzene rings is 1. The van der Waals surface area contributed by atoms with E-state index in [1.54, 1.807) is 32.9 Å². The van der Waals surface area contributed by atoms with Gasteiger partial charge in [-0.1, -0.05) is 12.1 Å². The van der Waals surface area contributed by atoms with Crippen LogP contribution in [0.25, 0.3) is 0 Å². The van der Waals surface area contributed by atoms with Gasteiger partial charge in [-0.05, 0) is 32.9 Å². The van der Waals surface area contributed by atoms with Crippen LogP contribution in [0.2, 0.25) is 0 Å². The zero-order chi connectivity index (χ0) is 18.8.